The van der Waals surface area contributed by atoms with Crippen LogP contribution in [0.25, 0.3) is 11.0 Å². The Kier molecular flexibility index (Phi) is 4.67. The van der Waals surface area contributed by atoms with Crippen LogP contribution in [-0.4, -0.2) is 21.1 Å². The number of halogens is 4. The number of hydrogen-bond acceptors (Lipinski definition) is 3. The largest absolute Gasteiger partial charge is 0.333 e. The molecule has 9 heteroatoms. The second-order valence-electron chi connectivity index (χ2n) is 5.15. The van der Waals surface area contributed by atoms with Gasteiger partial charge in [-0.1, -0.05) is 23.9 Å². The summed E-state index contributed by atoms with van der Waals surface area (Å²) in [4.78, 5) is 19.4. The molecule has 0 saturated carbocycles. The summed E-state index contributed by atoms with van der Waals surface area (Å²) in [6.45, 7) is 1.47. The minimum absolute atomic E-state index is 0.0763. The quantitative estimate of drug-likeness (QED) is 0.411. The van der Waals surface area contributed by atoms with Gasteiger partial charge in [-0.3, -0.25) is 4.79 Å². The number of aromatic nitrogens is 2. The molecule has 3 rings (SSSR count). The van der Waals surface area contributed by atoms with E-state index < -0.39 is 40.1 Å². The zero-order chi connectivity index (χ0) is 18.1. The highest BCUT2D eigenvalue weighted by molar-refractivity contribution is 8.00. The summed E-state index contributed by atoms with van der Waals surface area (Å²) in [5, 5.41) is 1.48. The van der Waals surface area contributed by atoms with Crippen molar-refractivity contribution in [3.63, 3.8) is 0 Å². The summed E-state index contributed by atoms with van der Waals surface area (Å²) in [6, 6.07) is 7.28. The van der Waals surface area contributed by atoms with Crippen LogP contribution in [0.2, 0.25) is 0 Å². The van der Waals surface area contributed by atoms with Gasteiger partial charge < -0.3 is 10.3 Å². The fourth-order valence-corrected chi connectivity index (χ4v) is 2.93. The molecule has 1 amide bonds. The van der Waals surface area contributed by atoms with Crippen LogP contribution in [0, 0.1) is 23.3 Å². The molecule has 2 N–H and O–H groups in total. The van der Waals surface area contributed by atoms with E-state index in [1.807, 2.05) is 11.4 Å². The first-order valence-corrected chi connectivity index (χ1v) is 8.00. The summed E-state index contributed by atoms with van der Waals surface area (Å²) < 4.78 is 53.6. The van der Waals surface area contributed by atoms with E-state index >= 15 is 0 Å². The fourth-order valence-electron chi connectivity index (χ4n) is 2.11. The van der Waals surface area contributed by atoms with Gasteiger partial charge in [0.2, 0.25) is 5.91 Å². The number of hydrogen-bond donors (Lipinski definition) is 2. The highest BCUT2D eigenvalue weighted by atomic mass is 32.2. The van der Waals surface area contributed by atoms with E-state index in [4.69, 9.17) is 0 Å². The number of nitrogens with one attached hydrogen (secondary N) is 2. The summed E-state index contributed by atoms with van der Waals surface area (Å²) in [7, 11) is 0. The van der Waals surface area contributed by atoms with Crippen LogP contribution >= 0.6 is 11.8 Å². The van der Waals surface area contributed by atoms with Crippen LogP contribution in [0.1, 0.15) is 6.92 Å². The van der Waals surface area contributed by atoms with Crippen molar-refractivity contribution in [2.75, 3.05) is 5.32 Å². The molecule has 0 fully saturated rings. The minimum Gasteiger partial charge on any atom is -0.333 e. The average molecular weight is 369 g/mol. The van der Waals surface area contributed by atoms with Gasteiger partial charge in [-0.15, -0.1) is 0 Å². The molecule has 0 radical (unpaired) electrons. The lowest BCUT2D eigenvalue weighted by molar-refractivity contribution is -0.115. The van der Waals surface area contributed by atoms with Crippen molar-refractivity contribution in [3.05, 3.63) is 53.6 Å². The van der Waals surface area contributed by atoms with Crippen LogP contribution in [-0.2, 0) is 4.79 Å². The third kappa shape index (κ3) is 3.46. The van der Waals surface area contributed by atoms with Crippen molar-refractivity contribution in [3.8, 4) is 0 Å². The van der Waals surface area contributed by atoms with Crippen LogP contribution < -0.4 is 5.32 Å². The van der Waals surface area contributed by atoms with Crippen molar-refractivity contribution in [2.24, 2.45) is 0 Å². The lowest BCUT2D eigenvalue weighted by atomic mass is 10.2. The average Bonchev–Trinajstić information content (AvgIpc) is 2.98. The molecule has 0 bridgehead atoms. The van der Waals surface area contributed by atoms with E-state index in [0.29, 0.717) is 10.7 Å². The lowest BCUT2D eigenvalue weighted by Crippen LogP contribution is -2.24. The first-order valence-electron chi connectivity index (χ1n) is 7.12. The van der Waals surface area contributed by atoms with Crippen LogP contribution in [0.4, 0.5) is 23.2 Å². The van der Waals surface area contributed by atoms with Gasteiger partial charge in [-0.2, -0.15) is 0 Å². The molecule has 1 aromatic heterocycles. The molecule has 1 heterocycles. The maximum absolute atomic E-state index is 13.6. The third-order valence-electron chi connectivity index (χ3n) is 3.39. The third-order valence-corrected chi connectivity index (χ3v) is 4.37. The number of benzene rings is 2. The first kappa shape index (κ1) is 17.3. The van der Waals surface area contributed by atoms with Crippen LogP contribution in [0.5, 0.6) is 0 Å². The molecule has 1 unspecified atom stereocenters. The zero-order valence-electron chi connectivity index (χ0n) is 12.7. The number of H-pyrrole nitrogens is 1. The van der Waals surface area contributed by atoms with Gasteiger partial charge in [0.15, 0.2) is 28.4 Å². The van der Waals surface area contributed by atoms with Gasteiger partial charge >= 0.3 is 0 Å². The van der Waals surface area contributed by atoms with Gasteiger partial charge in [0.25, 0.3) is 0 Å². The molecule has 130 valence electrons. The van der Waals surface area contributed by atoms with E-state index in [1.165, 1.54) is 6.92 Å². The summed E-state index contributed by atoms with van der Waals surface area (Å²) in [6.07, 6.45) is 0. The predicted octanol–water partition coefficient (Wildman–Crippen LogP) is 4.24. The molecule has 25 heavy (non-hydrogen) atoms. The molecule has 3 aromatic rings. The van der Waals surface area contributed by atoms with Crippen molar-refractivity contribution >= 4 is 34.4 Å². The number of rotatable bonds is 4. The molecule has 0 saturated heterocycles. The number of para-hydroxylation sites is 2. The Morgan fingerprint density at radius 3 is 2.44 bits per heavy atom. The Labute approximate surface area is 143 Å². The van der Waals surface area contributed by atoms with Crippen molar-refractivity contribution < 1.29 is 22.4 Å². The first-order chi connectivity index (χ1) is 11.9. The van der Waals surface area contributed by atoms with E-state index in [1.54, 1.807) is 18.2 Å². The van der Waals surface area contributed by atoms with Gasteiger partial charge in [-0.05, 0) is 19.1 Å². The topological polar surface area (TPSA) is 57.8 Å². The normalized spacial score (nSPS) is 12.4. The number of carbonyl (C=O) groups excluding carboxylic acids is 1. The lowest BCUT2D eigenvalue weighted by Gasteiger charge is -2.12. The van der Waals surface area contributed by atoms with Crippen LogP contribution in [0.3, 0.4) is 0 Å². The molecule has 0 aliphatic rings. The Morgan fingerprint density at radius 1 is 1.16 bits per heavy atom. The molecule has 0 aliphatic carbocycles. The molecule has 0 aliphatic heterocycles. The number of anilines is 1. The number of nitrogens with zero attached hydrogens (tertiary/aromatic N) is 1. The molecular weight excluding hydrogens is 358 g/mol. The second-order valence-corrected chi connectivity index (χ2v) is 6.48. The number of thioether (sulfide) groups is 1. The number of aromatic amines is 1. The van der Waals surface area contributed by atoms with E-state index in [0.717, 1.165) is 17.3 Å². The smallest absolute Gasteiger partial charge is 0.237 e. The Hall–Kier alpha value is -2.55. The maximum atomic E-state index is 13.6. The molecule has 0 spiro atoms. The van der Waals surface area contributed by atoms with Crippen LogP contribution in [0.15, 0.2) is 35.5 Å². The monoisotopic (exact) mass is 369 g/mol. The fraction of sp³-hybridized carbons (Fsp3) is 0.125. The zero-order valence-corrected chi connectivity index (χ0v) is 13.6. The SMILES string of the molecule is CC(Sc1nc2ccccc2[nH]1)C(=O)Nc1c(F)c(F)cc(F)c1F. The predicted molar refractivity (Wildman–Crippen MR) is 86.3 cm³/mol. The standard InChI is InChI=1S/C16H11F4N3OS/c1-7(25-16-21-10-4-2-3-5-11(10)22-16)15(24)23-14-12(19)8(17)6-9(18)13(14)20/h2-7H,1H3,(H,21,22)(H,23,24). The highest BCUT2D eigenvalue weighted by Gasteiger charge is 2.24. The minimum atomic E-state index is -1.66. The van der Waals surface area contributed by atoms with Gasteiger partial charge in [0, 0.05) is 6.07 Å². The number of fused-ring (bicyclic) bond motifs is 1. The van der Waals surface area contributed by atoms with E-state index in [9.17, 15) is 22.4 Å². The summed E-state index contributed by atoms with van der Waals surface area (Å²) >= 11 is 1.01. The Morgan fingerprint density at radius 2 is 1.80 bits per heavy atom. The van der Waals surface area contributed by atoms with Gasteiger partial charge in [0.05, 0.1) is 16.3 Å². The van der Waals surface area contributed by atoms with E-state index in [-0.39, 0.29) is 6.07 Å². The second kappa shape index (κ2) is 6.75. The highest BCUT2D eigenvalue weighted by Crippen LogP contribution is 2.27. The molecule has 1 atom stereocenters. The summed E-state index contributed by atoms with van der Waals surface area (Å²) in [5.41, 5.74) is 0.309. The Bertz CT molecular complexity index is 901. The van der Waals surface area contributed by atoms with E-state index in [2.05, 4.69) is 9.97 Å². The number of carbonyl (C=O) groups is 1. The van der Waals surface area contributed by atoms with Gasteiger partial charge in [-0.25, -0.2) is 22.5 Å². The number of amides is 1. The van der Waals surface area contributed by atoms with Gasteiger partial charge in [0.1, 0.15) is 5.69 Å². The van der Waals surface area contributed by atoms with Crippen molar-refractivity contribution in [2.45, 2.75) is 17.3 Å². The molecule has 4 nitrogen and oxygen atoms in total. The maximum Gasteiger partial charge on any atom is 0.237 e. The van der Waals surface area contributed by atoms with Crippen molar-refractivity contribution in [1.29, 1.82) is 0 Å². The number of imidazole rings is 1. The summed E-state index contributed by atoms with van der Waals surface area (Å²) in [5.74, 6) is -7.33. The van der Waals surface area contributed by atoms with Crippen molar-refractivity contribution in [1.82, 2.24) is 9.97 Å². The molecular formula is C16H11F4N3OS. The molecule has 2 aromatic carbocycles. The Balaban J connectivity index is 1.77.